The minimum Gasteiger partial charge on any atom is -0.352 e. The zero-order valence-corrected chi connectivity index (χ0v) is 26.7. The van der Waals surface area contributed by atoms with Crippen LogP contribution in [0.3, 0.4) is 0 Å². The maximum absolute atomic E-state index is 14.1. The van der Waals surface area contributed by atoms with Crippen molar-refractivity contribution in [2.45, 2.75) is 84.3 Å². The van der Waals surface area contributed by atoms with Crippen molar-refractivity contribution in [3.63, 3.8) is 0 Å². The lowest BCUT2D eigenvalue weighted by Gasteiger charge is -2.33. The Morgan fingerprint density at radius 2 is 1.58 bits per heavy atom. The molecule has 0 radical (unpaired) electrons. The third-order valence-electron chi connectivity index (χ3n) is 8.34. The Kier molecular flexibility index (Phi) is 11.0. The second kappa shape index (κ2) is 14.7. The maximum atomic E-state index is 14.1. The fraction of sp³-hybridized carbons (Fsp3) is 0.429. The summed E-state index contributed by atoms with van der Waals surface area (Å²) in [6.45, 7) is 6.41. The molecule has 4 rings (SSSR count). The van der Waals surface area contributed by atoms with Gasteiger partial charge in [-0.3, -0.25) is 13.9 Å². The summed E-state index contributed by atoms with van der Waals surface area (Å²) >= 11 is 0. The number of rotatable bonds is 13. The molecule has 7 nitrogen and oxygen atoms in total. The molecule has 0 bridgehead atoms. The van der Waals surface area contributed by atoms with Gasteiger partial charge in [0, 0.05) is 32.0 Å². The average molecular weight is 604 g/mol. The van der Waals surface area contributed by atoms with Gasteiger partial charge in [0.1, 0.15) is 6.04 Å². The van der Waals surface area contributed by atoms with E-state index in [-0.39, 0.29) is 30.8 Å². The van der Waals surface area contributed by atoms with E-state index in [1.54, 1.807) is 11.0 Å². The molecule has 3 aromatic rings. The Labute approximate surface area is 257 Å². The number of carbonyl (C=O) groups excluding carboxylic acids is 2. The van der Waals surface area contributed by atoms with Crippen molar-refractivity contribution in [1.29, 1.82) is 0 Å². The van der Waals surface area contributed by atoms with Gasteiger partial charge in [-0.1, -0.05) is 79.1 Å². The summed E-state index contributed by atoms with van der Waals surface area (Å²) in [7, 11) is -3.56. The lowest BCUT2D eigenvalue weighted by Crippen LogP contribution is -2.52. The average Bonchev–Trinajstić information content (AvgIpc) is 3.47. The number of hydrogen-bond acceptors (Lipinski definition) is 4. The van der Waals surface area contributed by atoms with Gasteiger partial charge in [-0.2, -0.15) is 0 Å². The highest BCUT2D eigenvalue weighted by Gasteiger charge is 2.32. The Balaban J connectivity index is 1.59. The molecule has 0 aromatic heterocycles. The molecule has 230 valence electrons. The highest BCUT2D eigenvalue weighted by atomic mass is 32.2. The van der Waals surface area contributed by atoms with Crippen LogP contribution in [-0.4, -0.2) is 50.0 Å². The zero-order chi connectivity index (χ0) is 31.0. The first-order chi connectivity index (χ1) is 20.5. The van der Waals surface area contributed by atoms with Gasteiger partial charge in [0.2, 0.25) is 21.8 Å². The first kappa shape index (κ1) is 32.3. The molecule has 0 spiro atoms. The Morgan fingerprint density at radius 1 is 0.884 bits per heavy atom. The number of nitrogens with one attached hydrogen (secondary N) is 1. The number of nitrogens with zero attached hydrogens (tertiary/aromatic N) is 2. The molecule has 1 aliphatic rings. The van der Waals surface area contributed by atoms with Gasteiger partial charge in [-0.05, 0) is 74.4 Å². The van der Waals surface area contributed by atoms with Crippen LogP contribution in [-0.2, 0) is 32.6 Å². The van der Waals surface area contributed by atoms with E-state index in [1.165, 1.54) is 10.6 Å². The van der Waals surface area contributed by atoms with E-state index in [1.807, 2.05) is 87.5 Å². The van der Waals surface area contributed by atoms with Gasteiger partial charge in [0.25, 0.3) is 0 Å². The molecule has 8 heteroatoms. The van der Waals surface area contributed by atoms with E-state index in [0.717, 1.165) is 53.5 Å². The molecule has 0 aliphatic heterocycles. The van der Waals surface area contributed by atoms with Crippen molar-refractivity contribution in [2.75, 3.05) is 17.1 Å². The molecule has 1 N–H and O–H groups in total. The van der Waals surface area contributed by atoms with Gasteiger partial charge in [-0.15, -0.1) is 0 Å². The van der Waals surface area contributed by atoms with Crippen LogP contribution in [0.4, 0.5) is 5.69 Å². The quantitative estimate of drug-likeness (QED) is 0.265. The van der Waals surface area contributed by atoms with Gasteiger partial charge in [0.05, 0.1) is 11.9 Å². The van der Waals surface area contributed by atoms with Crippen LogP contribution in [0.5, 0.6) is 0 Å². The smallest absolute Gasteiger partial charge is 0.243 e. The largest absolute Gasteiger partial charge is 0.352 e. The minimum atomic E-state index is -3.56. The minimum absolute atomic E-state index is 0.116. The fourth-order valence-corrected chi connectivity index (χ4v) is 6.77. The molecule has 1 fully saturated rings. The van der Waals surface area contributed by atoms with Gasteiger partial charge < -0.3 is 10.2 Å². The van der Waals surface area contributed by atoms with E-state index in [4.69, 9.17) is 0 Å². The number of carbonyl (C=O) groups is 2. The summed E-state index contributed by atoms with van der Waals surface area (Å²) in [6, 6.07) is 22.8. The second-order valence-corrected chi connectivity index (χ2v) is 13.8. The number of sulfonamides is 1. The summed E-state index contributed by atoms with van der Waals surface area (Å²) in [6.07, 6.45) is 6.13. The van der Waals surface area contributed by atoms with Crippen LogP contribution in [0.25, 0.3) is 0 Å². The third kappa shape index (κ3) is 9.17. The lowest BCUT2D eigenvalue weighted by atomic mass is 10.0. The number of aryl methyl sites for hydroxylation is 3. The molecule has 0 saturated heterocycles. The van der Waals surface area contributed by atoms with Crippen molar-refractivity contribution in [2.24, 2.45) is 0 Å². The van der Waals surface area contributed by atoms with Crippen molar-refractivity contribution in [3.05, 3.63) is 101 Å². The highest BCUT2D eigenvalue weighted by Crippen LogP contribution is 2.24. The predicted molar refractivity (Wildman–Crippen MR) is 173 cm³/mol. The molecule has 0 heterocycles. The number of benzene rings is 3. The van der Waals surface area contributed by atoms with Crippen molar-refractivity contribution >= 4 is 27.5 Å². The van der Waals surface area contributed by atoms with Crippen LogP contribution in [0.2, 0.25) is 0 Å². The molecule has 0 unspecified atom stereocenters. The standard InChI is InChI=1S/C35H45N3O4S/c1-26-12-10-15-30(22-26)25-37(33(24-29-13-6-5-7-14-29)35(40)36-31-16-8-9-17-31)34(39)18-11-21-38(43(4,41)42)32-20-19-27(2)28(3)23-32/h5-7,10,12-15,19-20,22-23,31,33H,8-9,11,16-18,21,24-25H2,1-4H3,(H,36,40)/t33-/m1/s1. The molecule has 1 saturated carbocycles. The fourth-order valence-electron chi connectivity index (χ4n) is 5.81. The topological polar surface area (TPSA) is 86.8 Å². The maximum Gasteiger partial charge on any atom is 0.243 e. The Bertz CT molecular complexity index is 1500. The SMILES string of the molecule is Cc1cccc(CN(C(=O)CCCN(c2ccc(C)c(C)c2)S(C)(=O)=O)[C@H](Cc2ccccc2)C(=O)NC2CCCC2)c1. The summed E-state index contributed by atoms with van der Waals surface area (Å²) in [4.78, 5) is 29.6. The van der Waals surface area contributed by atoms with E-state index >= 15 is 0 Å². The van der Waals surface area contributed by atoms with Crippen molar-refractivity contribution in [3.8, 4) is 0 Å². The van der Waals surface area contributed by atoms with Crippen LogP contribution < -0.4 is 9.62 Å². The number of hydrogen-bond donors (Lipinski definition) is 1. The molecule has 2 amide bonds. The van der Waals surface area contributed by atoms with Gasteiger partial charge in [0.15, 0.2) is 0 Å². The van der Waals surface area contributed by atoms with E-state index < -0.39 is 16.1 Å². The number of amides is 2. The monoisotopic (exact) mass is 603 g/mol. The van der Waals surface area contributed by atoms with E-state index in [0.29, 0.717) is 25.1 Å². The number of anilines is 1. The normalized spacial score (nSPS) is 14.3. The van der Waals surface area contributed by atoms with Crippen molar-refractivity contribution in [1.82, 2.24) is 10.2 Å². The van der Waals surface area contributed by atoms with E-state index in [2.05, 4.69) is 5.32 Å². The first-order valence-electron chi connectivity index (χ1n) is 15.3. The summed E-state index contributed by atoms with van der Waals surface area (Å²) < 4.78 is 26.9. The lowest BCUT2D eigenvalue weighted by molar-refractivity contribution is -0.141. The molecule has 43 heavy (non-hydrogen) atoms. The molecular weight excluding hydrogens is 558 g/mol. The first-order valence-corrected chi connectivity index (χ1v) is 17.1. The van der Waals surface area contributed by atoms with Gasteiger partial charge >= 0.3 is 0 Å². The third-order valence-corrected chi connectivity index (χ3v) is 9.53. The highest BCUT2D eigenvalue weighted by molar-refractivity contribution is 7.92. The summed E-state index contributed by atoms with van der Waals surface area (Å²) in [5.41, 5.74) is 5.69. The zero-order valence-electron chi connectivity index (χ0n) is 25.9. The Hall–Kier alpha value is -3.65. The summed E-state index contributed by atoms with van der Waals surface area (Å²) in [5.74, 6) is -0.304. The van der Waals surface area contributed by atoms with Crippen LogP contribution in [0.15, 0.2) is 72.8 Å². The molecule has 1 aliphatic carbocycles. The van der Waals surface area contributed by atoms with Crippen LogP contribution in [0.1, 0.15) is 66.3 Å². The Morgan fingerprint density at radius 3 is 2.23 bits per heavy atom. The molecule has 1 atom stereocenters. The van der Waals surface area contributed by atoms with Crippen LogP contribution >= 0.6 is 0 Å². The van der Waals surface area contributed by atoms with Crippen molar-refractivity contribution < 1.29 is 18.0 Å². The van der Waals surface area contributed by atoms with Gasteiger partial charge in [-0.25, -0.2) is 8.42 Å². The van der Waals surface area contributed by atoms with E-state index in [9.17, 15) is 18.0 Å². The predicted octanol–water partition coefficient (Wildman–Crippen LogP) is 5.86. The molecule has 3 aromatic carbocycles. The van der Waals surface area contributed by atoms with Crippen LogP contribution in [0, 0.1) is 20.8 Å². The second-order valence-electron chi connectivity index (χ2n) is 11.9. The molecular formula is C35H45N3O4S. The summed E-state index contributed by atoms with van der Waals surface area (Å²) in [5, 5.41) is 3.24.